The highest BCUT2D eigenvalue weighted by atomic mass is 19.1. The van der Waals surface area contributed by atoms with Crippen molar-refractivity contribution < 1.29 is 13.9 Å². The highest BCUT2D eigenvalue weighted by Gasteiger charge is 2.52. The number of carbonyl (C=O) groups excluding carboxylic acids is 1. The normalized spacial score (nSPS) is 27.4. The first-order valence-corrected chi connectivity index (χ1v) is 5.67. The standard InChI is InChI=1S/C13H16FNO2/c1-17-12(16)13(6-9(7-13)8-15)10-4-2-3-5-11(10)14/h2-5,9H,6-8,15H2,1H3. The van der Waals surface area contributed by atoms with Crippen LogP contribution in [-0.2, 0) is 14.9 Å². The number of halogens is 1. The van der Waals surface area contributed by atoms with Crippen LogP contribution in [0.5, 0.6) is 0 Å². The van der Waals surface area contributed by atoms with Gasteiger partial charge in [-0.05, 0) is 31.4 Å². The van der Waals surface area contributed by atoms with Crippen LogP contribution in [0.4, 0.5) is 4.39 Å². The van der Waals surface area contributed by atoms with E-state index in [2.05, 4.69) is 0 Å². The van der Waals surface area contributed by atoms with Gasteiger partial charge in [0.25, 0.3) is 0 Å². The molecule has 0 aromatic heterocycles. The zero-order valence-electron chi connectivity index (χ0n) is 9.78. The van der Waals surface area contributed by atoms with E-state index in [-0.39, 0.29) is 17.7 Å². The van der Waals surface area contributed by atoms with Crippen molar-refractivity contribution >= 4 is 5.97 Å². The van der Waals surface area contributed by atoms with Gasteiger partial charge in [-0.2, -0.15) is 0 Å². The van der Waals surface area contributed by atoms with Gasteiger partial charge in [-0.25, -0.2) is 4.39 Å². The fraction of sp³-hybridized carbons (Fsp3) is 0.462. The van der Waals surface area contributed by atoms with Crippen molar-refractivity contribution in [3.63, 3.8) is 0 Å². The lowest BCUT2D eigenvalue weighted by Gasteiger charge is -2.45. The van der Waals surface area contributed by atoms with Gasteiger partial charge in [0, 0.05) is 5.56 Å². The third-order valence-corrected chi connectivity index (χ3v) is 3.57. The van der Waals surface area contributed by atoms with Gasteiger partial charge >= 0.3 is 5.97 Å². The van der Waals surface area contributed by atoms with Crippen LogP contribution in [0.1, 0.15) is 18.4 Å². The molecule has 0 radical (unpaired) electrons. The van der Waals surface area contributed by atoms with E-state index in [4.69, 9.17) is 10.5 Å². The van der Waals surface area contributed by atoms with Crippen molar-refractivity contribution in [3.05, 3.63) is 35.6 Å². The third-order valence-electron chi connectivity index (χ3n) is 3.57. The van der Waals surface area contributed by atoms with Crippen LogP contribution in [0.3, 0.4) is 0 Å². The lowest BCUT2D eigenvalue weighted by Crippen LogP contribution is -2.51. The summed E-state index contributed by atoms with van der Waals surface area (Å²) >= 11 is 0. The average Bonchev–Trinajstić information content (AvgIpc) is 2.30. The van der Waals surface area contributed by atoms with Crippen LogP contribution in [0.2, 0.25) is 0 Å². The molecule has 1 aromatic carbocycles. The number of esters is 1. The number of nitrogens with two attached hydrogens (primary N) is 1. The van der Waals surface area contributed by atoms with E-state index in [9.17, 15) is 9.18 Å². The first-order valence-electron chi connectivity index (χ1n) is 5.67. The highest BCUT2D eigenvalue weighted by molar-refractivity contribution is 5.84. The summed E-state index contributed by atoms with van der Waals surface area (Å²) in [7, 11) is 1.33. The Kier molecular flexibility index (Phi) is 3.15. The zero-order chi connectivity index (χ0) is 12.5. The van der Waals surface area contributed by atoms with Gasteiger partial charge in [-0.1, -0.05) is 18.2 Å². The van der Waals surface area contributed by atoms with Gasteiger partial charge in [0.1, 0.15) is 5.82 Å². The van der Waals surface area contributed by atoms with Gasteiger partial charge in [0.05, 0.1) is 12.5 Å². The van der Waals surface area contributed by atoms with E-state index < -0.39 is 5.41 Å². The summed E-state index contributed by atoms with van der Waals surface area (Å²) in [4.78, 5) is 11.9. The minimum absolute atomic E-state index is 0.272. The molecular weight excluding hydrogens is 221 g/mol. The Bertz CT molecular complexity index is 427. The Hall–Kier alpha value is -1.42. The number of benzene rings is 1. The molecule has 3 nitrogen and oxygen atoms in total. The molecule has 2 N–H and O–H groups in total. The maximum absolute atomic E-state index is 13.8. The Morgan fingerprint density at radius 2 is 2.18 bits per heavy atom. The van der Waals surface area contributed by atoms with Crippen LogP contribution < -0.4 is 5.73 Å². The fourth-order valence-electron chi connectivity index (χ4n) is 2.63. The molecule has 1 aromatic rings. The molecule has 1 aliphatic carbocycles. The zero-order valence-corrected chi connectivity index (χ0v) is 9.78. The lowest BCUT2D eigenvalue weighted by molar-refractivity contribution is -0.153. The highest BCUT2D eigenvalue weighted by Crippen LogP contribution is 2.48. The molecule has 0 spiro atoms. The number of ether oxygens (including phenoxy) is 1. The Morgan fingerprint density at radius 3 is 2.71 bits per heavy atom. The second-order valence-electron chi connectivity index (χ2n) is 4.56. The van der Waals surface area contributed by atoms with E-state index in [0.29, 0.717) is 24.9 Å². The summed E-state index contributed by atoms with van der Waals surface area (Å²) in [6.45, 7) is 0.521. The monoisotopic (exact) mass is 237 g/mol. The van der Waals surface area contributed by atoms with Crippen molar-refractivity contribution in [1.82, 2.24) is 0 Å². The predicted octanol–water partition coefficient (Wildman–Crippen LogP) is 1.61. The molecule has 0 bridgehead atoms. The van der Waals surface area contributed by atoms with Gasteiger partial charge in [0.2, 0.25) is 0 Å². The average molecular weight is 237 g/mol. The van der Waals surface area contributed by atoms with Gasteiger partial charge < -0.3 is 10.5 Å². The number of rotatable bonds is 3. The first-order chi connectivity index (χ1) is 8.14. The van der Waals surface area contributed by atoms with E-state index in [1.807, 2.05) is 0 Å². The third kappa shape index (κ3) is 1.82. The molecular formula is C13H16FNO2. The van der Waals surface area contributed by atoms with Crippen LogP contribution in [0.15, 0.2) is 24.3 Å². The SMILES string of the molecule is COC(=O)C1(c2ccccc2F)CC(CN)C1. The van der Waals surface area contributed by atoms with E-state index in [1.54, 1.807) is 18.2 Å². The number of hydrogen-bond donors (Lipinski definition) is 1. The lowest BCUT2D eigenvalue weighted by atomic mass is 9.58. The number of methoxy groups -OCH3 is 1. The molecule has 1 saturated carbocycles. The quantitative estimate of drug-likeness (QED) is 0.812. The first kappa shape index (κ1) is 12.0. The van der Waals surface area contributed by atoms with Crippen LogP contribution >= 0.6 is 0 Å². The van der Waals surface area contributed by atoms with Crippen LogP contribution in [0.25, 0.3) is 0 Å². The van der Waals surface area contributed by atoms with Gasteiger partial charge in [0.15, 0.2) is 0 Å². The van der Waals surface area contributed by atoms with E-state index in [1.165, 1.54) is 13.2 Å². The smallest absolute Gasteiger partial charge is 0.316 e. The second-order valence-corrected chi connectivity index (χ2v) is 4.56. The van der Waals surface area contributed by atoms with Crippen molar-refractivity contribution in [3.8, 4) is 0 Å². The van der Waals surface area contributed by atoms with Gasteiger partial charge in [-0.3, -0.25) is 4.79 Å². The topological polar surface area (TPSA) is 52.3 Å². The van der Waals surface area contributed by atoms with Crippen molar-refractivity contribution in [2.24, 2.45) is 11.7 Å². The van der Waals surface area contributed by atoms with E-state index in [0.717, 1.165) is 0 Å². The minimum atomic E-state index is -0.829. The Balaban J connectivity index is 2.36. The number of carbonyl (C=O) groups is 1. The van der Waals surface area contributed by atoms with E-state index >= 15 is 0 Å². The van der Waals surface area contributed by atoms with Crippen molar-refractivity contribution in [2.75, 3.05) is 13.7 Å². The molecule has 0 aliphatic heterocycles. The Labute approximate surface area is 99.8 Å². The molecule has 2 rings (SSSR count). The molecule has 0 unspecified atom stereocenters. The largest absolute Gasteiger partial charge is 0.468 e. The summed E-state index contributed by atoms with van der Waals surface area (Å²) < 4.78 is 18.6. The number of hydrogen-bond acceptors (Lipinski definition) is 3. The molecule has 17 heavy (non-hydrogen) atoms. The summed E-state index contributed by atoms with van der Waals surface area (Å²) in [5, 5.41) is 0. The minimum Gasteiger partial charge on any atom is -0.468 e. The predicted molar refractivity (Wildman–Crippen MR) is 61.9 cm³/mol. The van der Waals surface area contributed by atoms with Crippen LogP contribution in [-0.4, -0.2) is 19.6 Å². The van der Waals surface area contributed by atoms with Gasteiger partial charge in [-0.15, -0.1) is 0 Å². The molecule has 0 amide bonds. The summed E-state index contributed by atoms with van der Waals surface area (Å²) in [6.07, 6.45) is 1.13. The summed E-state index contributed by atoms with van der Waals surface area (Å²) in [6, 6.07) is 6.37. The molecule has 1 fully saturated rings. The molecule has 0 saturated heterocycles. The fourth-order valence-corrected chi connectivity index (χ4v) is 2.63. The second kappa shape index (κ2) is 4.45. The van der Waals surface area contributed by atoms with Crippen molar-refractivity contribution in [1.29, 1.82) is 0 Å². The maximum atomic E-state index is 13.8. The molecule has 92 valence electrons. The Morgan fingerprint density at radius 1 is 1.53 bits per heavy atom. The molecule has 0 atom stereocenters. The molecule has 4 heteroatoms. The summed E-state index contributed by atoms with van der Waals surface area (Å²) in [5.74, 6) is -0.450. The molecule has 1 aliphatic rings. The van der Waals surface area contributed by atoms with Crippen LogP contribution in [0, 0.1) is 11.7 Å². The summed E-state index contributed by atoms with van der Waals surface area (Å²) in [5.41, 5.74) is 5.16. The molecule has 0 heterocycles. The van der Waals surface area contributed by atoms with Crippen molar-refractivity contribution in [2.45, 2.75) is 18.3 Å². The maximum Gasteiger partial charge on any atom is 0.316 e.